The van der Waals surface area contributed by atoms with Crippen LogP contribution in [0.1, 0.15) is 30.3 Å². The lowest BCUT2D eigenvalue weighted by Gasteiger charge is -2.12. The first-order chi connectivity index (χ1) is 17.0. The van der Waals surface area contributed by atoms with Crippen LogP contribution >= 0.6 is 22.9 Å². The number of hydrogen-bond acceptors (Lipinski definition) is 8. The first kappa shape index (κ1) is 26.0. The molecule has 0 unspecified atom stereocenters. The highest BCUT2D eigenvalue weighted by Gasteiger charge is 2.14. The van der Waals surface area contributed by atoms with Crippen LogP contribution < -0.4 is 19.5 Å². The molecule has 1 N–H and O–H groups in total. The van der Waals surface area contributed by atoms with Gasteiger partial charge in [0.05, 0.1) is 12.1 Å². The van der Waals surface area contributed by atoms with Crippen molar-refractivity contribution >= 4 is 40.1 Å². The number of halogens is 1. The van der Waals surface area contributed by atoms with Crippen LogP contribution in [0, 0.1) is 11.3 Å². The van der Waals surface area contributed by atoms with E-state index < -0.39 is 5.91 Å². The fourth-order valence-electron chi connectivity index (χ4n) is 2.97. The number of hydrogen-bond donors (Lipinski definition) is 1. The molecule has 182 valence electrons. The van der Waals surface area contributed by atoms with E-state index in [9.17, 15) is 10.1 Å². The lowest BCUT2D eigenvalue weighted by molar-refractivity contribution is -0.112. The molecule has 35 heavy (non-hydrogen) atoms. The summed E-state index contributed by atoms with van der Waals surface area (Å²) < 4.78 is 16.8. The molecule has 0 spiro atoms. The Labute approximate surface area is 213 Å². The topological polar surface area (TPSA) is 106 Å². The number of unbranched alkanes of at least 4 members (excludes halogenated alkanes) is 1. The molecule has 1 heterocycles. The van der Waals surface area contributed by atoms with Gasteiger partial charge in [0.1, 0.15) is 35.6 Å². The molecule has 0 saturated heterocycles. The fraction of sp³-hybridized carbons (Fsp3) is 0.280. The first-order valence-electron chi connectivity index (χ1n) is 11.0. The maximum atomic E-state index is 12.6. The number of aromatic nitrogens is 2. The van der Waals surface area contributed by atoms with Gasteiger partial charge in [-0.25, -0.2) is 0 Å². The minimum atomic E-state index is -0.554. The zero-order valence-electron chi connectivity index (χ0n) is 19.4. The van der Waals surface area contributed by atoms with Crippen LogP contribution in [0.15, 0.2) is 48.0 Å². The number of carbonyl (C=O) groups excluding carboxylic acids is 1. The second-order valence-electron chi connectivity index (χ2n) is 7.27. The van der Waals surface area contributed by atoms with E-state index in [1.165, 1.54) is 24.5 Å². The van der Waals surface area contributed by atoms with Gasteiger partial charge in [-0.3, -0.25) is 10.1 Å². The Balaban J connectivity index is 1.61. The summed E-state index contributed by atoms with van der Waals surface area (Å²) in [4.78, 5) is 12.6. The third-order valence-corrected chi connectivity index (χ3v) is 5.94. The van der Waals surface area contributed by atoms with Crippen LogP contribution in [0.2, 0.25) is 5.02 Å². The molecular weight excluding hydrogens is 488 g/mol. The zero-order chi connectivity index (χ0) is 25.0. The van der Waals surface area contributed by atoms with Gasteiger partial charge in [-0.15, -0.1) is 10.2 Å². The van der Waals surface area contributed by atoms with Crippen molar-refractivity contribution in [3.63, 3.8) is 0 Å². The van der Waals surface area contributed by atoms with E-state index in [-0.39, 0.29) is 12.2 Å². The number of rotatable bonds is 12. The average Bonchev–Trinajstić information content (AvgIpc) is 3.32. The molecule has 8 nitrogen and oxygen atoms in total. The summed E-state index contributed by atoms with van der Waals surface area (Å²) in [7, 11) is 1.51. The Bertz CT molecular complexity index is 1220. The molecule has 0 atom stereocenters. The van der Waals surface area contributed by atoms with Gasteiger partial charge in [-0.1, -0.05) is 54.5 Å². The molecule has 1 aromatic heterocycles. The van der Waals surface area contributed by atoms with Gasteiger partial charge in [0.2, 0.25) is 5.13 Å². The summed E-state index contributed by atoms with van der Waals surface area (Å²) in [6.07, 6.45) is 4.33. The largest absolute Gasteiger partial charge is 0.493 e. The molecule has 0 bridgehead atoms. The molecule has 0 radical (unpaired) electrons. The number of anilines is 1. The second kappa shape index (κ2) is 13.3. The van der Waals surface area contributed by atoms with Crippen LogP contribution in [0.3, 0.4) is 0 Å². The van der Waals surface area contributed by atoms with Gasteiger partial charge in [0.15, 0.2) is 11.5 Å². The molecule has 10 heteroatoms. The predicted octanol–water partition coefficient (Wildman–Crippen LogP) is 5.55. The van der Waals surface area contributed by atoms with Crippen molar-refractivity contribution < 1.29 is 19.0 Å². The maximum Gasteiger partial charge on any atom is 0.268 e. The molecule has 1 amide bonds. The Hall–Kier alpha value is -3.61. The fourth-order valence-corrected chi connectivity index (χ4v) is 3.94. The summed E-state index contributed by atoms with van der Waals surface area (Å²) in [5.74, 6) is 0.989. The van der Waals surface area contributed by atoms with Crippen LogP contribution in [0.5, 0.6) is 17.2 Å². The molecule has 2 aromatic carbocycles. The zero-order valence-corrected chi connectivity index (χ0v) is 21.0. The number of carbonyl (C=O) groups is 1. The normalized spacial score (nSPS) is 11.0. The Morgan fingerprint density at radius 1 is 1.14 bits per heavy atom. The lowest BCUT2D eigenvalue weighted by atomic mass is 10.1. The van der Waals surface area contributed by atoms with Gasteiger partial charge >= 0.3 is 0 Å². The van der Waals surface area contributed by atoms with Crippen molar-refractivity contribution in [1.82, 2.24) is 10.2 Å². The first-order valence-corrected chi connectivity index (χ1v) is 12.2. The minimum absolute atomic E-state index is 0.0702. The van der Waals surface area contributed by atoms with Gasteiger partial charge in [0, 0.05) is 6.42 Å². The van der Waals surface area contributed by atoms with Gasteiger partial charge < -0.3 is 14.2 Å². The molecule has 0 fully saturated rings. The SMILES string of the molecule is CCCCc1nnc(NC(=O)C(C#N)=Cc2ccc(OCCOc3ccccc3Cl)c(OC)c2)s1. The molecule has 3 rings (SSSR count). The Morgan fingerprint density at radius 2 is 1.91 bits per heavy atom. The number of para-hydroxylation sites is 1. The monoisotopic (exact) mass is 512 g/mol. The number of nitrogens with zero attached hydrogens (tertiary/aromatic N) is 3. The van der Waals surface area contributed by atoms with Crippen LogP contribution in [-0.4, -0.2) is 36.4 Å². The van der Waals surface area contributed by atoms with Crippen LogP contribution in [0.4, 0.5) is 5.13 Å². The van der Waals surface area contributed by atoms with E-state index in [1.54, 1.807) is 30.3 Å². The van der Waals surface area contributed by atoms with E-state index >= 15 is 0 Å². The number of nitriles is 1. The molecule has 0 aliphatic heterocycles. The third kappa shape index (κ3) is 7.70. The summed E-state index contributed by atoms with van der Waals surface area (Å²) in [6, 6.07) is 14.2. The van der Waals surface area contributed by atoms with Gasteiger partial charge in [0.25, 0.3) is 5.91 Å². The highest BCUT2D eigenvalue weighted by atomic mass is 35.5. The third-order valence-electron chi connectivity index (χ3n) is 4.73. The van der Waals surface area contributed by atoms with Crippen molar-refractivity contribution in [2.75, 3.05) is 25.6 Å². The van der Waals surface area contributed by atoms with Crippen molar-refractivity contribution in [2.24, 2.45) is 0 Å². The number of nitrogens with one attached hydrogen (secondary N) is 1. The van der Waals surface area contributed by atoms with E-state index in [0.717, 1.165) is 24.3 Å². The molecule has 0 aliphatic carbocycles. The minimum Gasteiger partial charge on any atom is -0.493 e. The van der Waals surface area contributed by atoms with Crippen molar-refractivity contribution in [1.29, 1.82) is 5.26 Å². The number of methoxy groups -OCH3 is 1. The standard InChI is InChI=1S/C25H25ClN4O4S/c1-3-4-9-23-29-30-25(35-23)28-24(31)18(16-27)14-17-10-11-21(22(15-17)32-2)34-13-12-33-20-8-6-5-7-19(20)26/h5-8,10-11,14-15H,3-4,9,12-13H2,1-2H3,(H,28,30,31). The number of ether oxygens (including phenoxy) is 3. The van der Waals surface area contributed by atoms with E-state index in [4.69, 9.17) is 25.8 Å². The van der Waals surface area contributed by atoms with Gasteiger partial charge in [-0.2, -0.15) is 5.26 Å². The second-order valence-corrected chi connectivity index (χ2v) is 8.74. The quantitative estimate of drug-likeness (QED) is 0.193. The van der Waals surface area contributed by atoms with Crippen LogP contribution in [-0.2, 0) is 11.2 Å². The summed E-state index contributed by atoms with van der Waals surface area (Å²) in [5, 5.41) is 21.9. The molecule has 0 saturated carbocycles. The van der Waals surface area contributed by atoms with E-state index in [1.807, 2.05) is 18.2 Å². The Morgan fingerprint density at radius 3 is 2.63 bits per heavy atom. The maximum absolute atomic E-state index is 12.6. The summed E-state index contributed by atoms with van der Waals surface area (Å²) >= 11 is 7.38. The van der Waals surface area contributed by atoms with E-state index in [2.05, 4.69) is 22.4 Å². The highest BCUT2D eigenvalue weighted by molar-refractivity contribution is 7.15. The smallest absolute Gasteiger partial charge is 0.268 e. The summed E-state index contributed by atoms with van der Waals surface area (Å²) in [5.41, 5.74) is 0.535. The van der Waals surface area contributed by atoms with Crippen molar-refractivity contribution in [3.05, 3.63) is 63.6 Å². The van der Waals surface area contributed by atoms with Crippen molar-refractivity contribution in [2.45, 2.75) is 26.2 Å². The predicted molar refractivity (Wildman–Crippen MR) is 136 cm³/mol. The lowest BCUT2D eigenvalue weighted by Crippen LogP contribution is -2.13. The number of amides is 1. The molecular formula is C25H25ClN4O4S. The number of benzene rings is 2. The van der Waals surface area contributed by atoms with Gasteiger partial charge in [-0.05, 0) is 42.3 Å². The molecule has 3 aromatic rings. The van der Waals surface area contributed by atoms with E-state index in [0.29, 0.717) is 39.6 Å². The van der Waals surface area contributed by atoms with Crippen molar-refractivity contribution in [3.8, 4) is 23.3 Å². The van der Waals surface area contributed by atoms with Crippen LogP contribution in [0.25, 0.3) is 6.08 Å². The summed E-state index contributed by atoms with van der Waals surface area (Å²) in [6.45, 7) is 2.65. The highest BCUT2D eigenvalue weighted by Crippen LogP contribution is 2.29. The molecule has 0 aliphatic rings. The Kier molecular flexibility index (Phi) is 9.90. The average molecular weight is 513 g/mol. The number of aryl methyl sites for hydroxylation is 1.